The van der Waals surface area contributed by atoms with E-state index in [0.717, 1.165) is 5.56 Å². The second-order valence-electron chi connectivity index (χ2n) is 4.66. The molecule has 0 aliphatic heterocycles. The molecular formula is C14H20O6. The average Bonchev–Trinajstić information content (AvgIpc) is 2.43. The zero-order valence-corrected chi connectivity index (χ0v) is 11.1. The highest BCUT2D eigenvalue weighted by atomic mass is 16.4. The zero-order chi connectivity index (χ0) is 15.3. The largest absolute Gasteiger partial charge is 0.509 e. The Kier molecular flexibility index (Phi) is 6.12. The summed E-state index contributed by atoms with van der Waals surface area (Å²) in [4.78, 5) is 0. The van der Waals surface area contributed by atoms with Crippen LogP contribution in [0.25, 0.3) is 6.08 Å². The SMILES string of the molecule is Cc1cccc(C=C(O)[C@H](O)[C@@H](O)[C@H](O)[C@H](O)CO)c1. The molecule has 6 N–H and O–H groups in total. The number of benzene rings is 1. The van der Waals surface area contributed by atoms with Crippen molar-refractivity contribution >= 4 is 6.08 Å². The Balaban J connectivity index is 2.82. The second-order valence-corrected chi connectivity index (χ2v) is 4.66. The van der Waals surface area contributed by atoms with E-state index >= 15 is 0 Å². The van der Waals surface area contributed by atoms with Crippen LogP contribution in [0.1, 0.15) is 11.1 Å². The Morgan fingerprint density at radius 3 is 2.35 bits per heavy atom. The zero-order valence-electron chi connectivity index (χ0n) is 11.1. The van der Waals surface area contributed by atoms with Crippen molar-refractivity contribution < 1.29 is 30.6 Å². The minimum absolute atomic E-state index is 0.549. The molecule has 112 valence electrons. The van der Waals surface area contributed by atoms with Crippen LogP contribution in [0.5, 0.6) is 0 Å². The Labute approximate surface area is 116 Å². The molecule has 0 aliphatic rings. The van der Waals surface area contributed by atoms with Crippen LogP contribution in [0.15, 0.2) is 30.0 Å². The van der Waals surface area contributed by atoms with E-state index in [2.05, 4.69) is 0 Å². The lowest BCUT2D eigenvalue weighted by atomic mass is 10.0. The third kappa shape index (κ3) is 4.29. The van der Waals surface area contributed by atoms with Gasteiger partial charge in [0.1, 0.15) is 30.2 Å². The van der Waals surface area contributed by atoms with Crippen molar-refractivity contribution in [2.45, 2.75) is 31.3 Å². The lowest BCUT2D eigenvalue weighted by Gasteiger charge is -2.25. The number of hydrogen-bond donors (Lipinski definition) is 6. The Hall–Kier alpha value is -1.44. The summed E-state index contributed by atoms with van der Waals surface area (Å²) < 4.78 is 0. The minimum Gasteiger partial charge on any atom is -0.509 e. The number of aliphatic hydroxyl groups excluding tert-OH is 6. The van der Waals surface area contributed by atoms with Crippen LogP contribution in [-0.4, -0.2) is 61.7 Å². The Morgan fingerprint density at radius 2 is 1.80 bits per heavy atom. The van der Waals surface area contributed by atoms with Crippen molar-refractivity contribution in [2.24, 2.45) is 0 Å². The molecule has 6 heteroatoms. The smallest absolute Gasteiger partial charge is 0.139 e. The molecule has 0 saturated carbocycles. The summed E-state index contributed by atoms with van der Waals surface area (Å²) in [7, 11) is 0. The topological polar surface area (TPSA) is 121 Å². The maximum atomic E-state index is 9.73. The number of aryl methyl sites for hydroxylation is 1. The van der Waals surface area contributed by atoms with Crippen LogP contribution in [0.4, 0.5) is 0 Å². The first-order valence-electron chi connectivity index (χ1n) is 6.17. The molecule has 0 unspecified atom stereocenters. The monoisotopic (exact) mass is 284 g/mol. The van der Waals surface area contributed by atoms with E-state index in [1.54, 1.807) is 18.2 Å². The molecule has 1 rings (SSSR count). The van der Waals surface area contributed by atoms with Gasteiger partial charge in [-0.1, -0.05) is 29.8 Å². The van der Waals surface area contributed by atoms with Crippen molar-refractivity contribution in [3.05, 3.63) is 41.2 Å². The van der Waals surface area contributed by atoms with Gasteiger partial charge in [0, 0.05) is 0 Å². The summed E-state index contributed by atoms with van der Waals surface area (Å²) in [5, 5.41) is 56.4. The predicted molar refractivity (Wildman–Crippen MR) is 72.9 cm³/mol. The van der Waals surface area contributed by atoms with E-state index in [4.69, 9.17) is 5.11 Å². The van der Waals surface area contributed by atoms with Gasteiger partial charge in [-0.2, -0.15) is 0 Å². The van der Waals surface area contributed by atoms with E-state index in [9.17, 15) is 25.5 Å². The Bertz CT molecular complexity index is 459. The minimum atomic E-state index is -1.82. The highest BCUT2D eigenvalue weighted by Crippen LogP contribution is 2.15. The van der Waals surface area contributed by atoms with Gasteiger partial charge in [0.05, 0.1) is 6.61 Å². The van der Waals surface area contributed by atoms with Gasteiger partial charge in [0.25, 0.3) is 0 Å². The maximum absolute atomic E-state index is 9.73. The van der Waals surface area contributed by atoms with Gasteiger partial charge in [-0.25, -0.2) is 0 Å². The van der Waals surface area contributed by atoms with Gasteiger partial charge in [-0.05, 0) is 18.6 Å². The molecule has 0 heterocycles. The van der Waals surface area contributed by atoms with Crippen LogP contribution in [0.2, 0.25) is 0 Å². The molecule has 0 radical (unpaired) electrons. The standard InChI is InChI=1S/C14H20O6/c1-8-3-2-4-9(5-8)6-10(16)12(18)14(20)13(19)11(17)7-15/h2-6,11-20H,7H2,1H3/t11-,12+,13-,14-/m1/s1. The first kappa shape index (κ1) is 16.6. The van der Waals surface area contributed by atoms with E-state index in [-0.39, 0.29) is 0 Å². The summed E-state index contributed by atoms with van der Waals surface area (Å²) in [6, 6.07) is 7.08. The highest BCUT2D eigenvalue weighted by Gasteiger charge is 2.32. The predicted octanol–water partition coefficient (Wildman–Crippen LogP) is -0.670. The van der Waals surface area contributed by atoms with Crippen molar-refractivity contribution in [1.29, 1.82) is 0 Å². The molecule has 0 saturated heterocycles. The number of aliphatic hydroxyl groups is 6. The van der Waals surface area contributed by atoms with Crippen molar-refractivity contribution in [2.75, 3.05) is 6.61 Å². The van der Waals surface area contributed by atoms with E-state index in [0.29, 0.717) is 5.56 Å². The third-order valence-corrected chi connectivity index (χ3v) is 2.91. The molecule has 4 atom stereocenters. The molecule has 1 aromatic rings. The van der Waals surface area contributed by atoms with Gasteiger partial charge in [-0.3, -0.25) is 0 Å². The fourth-order valence-corrected chi connectivity index (χ4v) is 1.71. The average molecular weight is 284 g/mol. The lowest BCUT2D eigenvalue weighted by Crippen LogP contribution is -2.46. The second kappa shape index (κ2) is 7.37. The van der Waals surface area contributed by atoms with Crippen molar-refractivity contribution in [3.8, 4) is 0 Å². The van der Waals surface area contributed by atoms with E-state index < -0.39 is 36.8 Å². The molecule has 0 spiro atoms. The maximum Gasteiger partial charge on any atom is 0.139 e. The summed E-state index contributed by atoms with van der Waals surface area (Å²) >= 11 is 0. The lowest BCUT2D eigenvalue weighted by molar-refractivity contribution is -0.112. The van der Waals surface area contributed by atoms with E-state index in [1.165, 1.54) is 6.08 Å². The number of rotatable bonds is 6. The van der Waals surface area contributed by atoms with Crippen molar-refractivity contribution in [3.63, 3.8) is 0 Å². The summed E-state index contributed by atoms with van der Waals surface area (Å²) in [5.41, 5.74) is 1.57. The van der Waals surface area contributed by atoms with Gasteiger partial charge >= 0.3 is 0 Å². The summed E-state index contributed by atoms with van der Waals surface area (Å²) in [6.07, 6.45) is -5.72. The van der Waals surface area contributed by atoms with Gasteiger partial charge in [0.2, 0.25) is 0 Å². The Morgan fingerprint density at radius 1 is 1.15 bits per heavy atom. The fourth-order valence-electron chi connectivity index (χ4n) is 1.71. The molecular weight excluding hydrogens is 264 g/mol. The van der Waals surface area contributed by atoms with Gasteiger partial charge in [-0.15, -0.1) is 0 Å². The first-order valence-corrected chi connectivity index (χ1v) is 6.17. The van der Waals surface area contributed by atoms with Crippen LogP contribution in [0, 0.1) is 6.92 Å². The molecule has 0 amide bonds. The van der Waals surface area contributed by atoms with Crippen LogP contribution in [0.3, 0.4) is 0 Å². The summed E-state index contributed by atoms with van der Waals surface area (Å²) in [5.74, 6) is -0.549. The van der Waals surface area contributed by atoms with Crippen molar-refractivity contribution in [1.82, 2.24) is 0 Å². The highest BCUT2D eigenvalue weighted by molar-refractivity contribution is 5.52. The first-order chi connectivity index (χ1) is 9.36. The number of hydrogen-bond acceptors (Lipinski definition) is 6. The quantitative estimate of drug-likeness (QED) is 0.385. The molecule has 6 nitrogen and oxygen atoms in total. The molecule has 20 heavy (non-hydrogen) atoms. The summed E-state index contributed by atoms with van der Waals surface area (Å²) in [6.45, 7) is 1.09. The van der Waals surface area contributed by atoms with E-state index in [1.807, 2.05) is 13.0 Å². The van der Waals surface area contributed by atoms with Crippen LogP contribution >= 0.6 is 0 Å². The fraction of sp³-hybridized carbons (Fsp3) is 0.429. The molecule has 0 fully saturated rings. The molecule has 1 aromatic carbocycles. The van der Waals surface area contributed by atoms with Gasteiger partial charge in [0.15, 0.2) is 0 Å². The third-order valence-electron chi connectivity index (χ3n) is 2.91. The normalized spacial score (nSPS) is 18.4. The molecule has 0 aromatic heterocycles. The van der Waals surface area contributed by atoms with Gasteiger partial charge < -0.3 is 30.6 Å². The molecule has 0 aliphatic carbocycles. The van der Waals surface area contributed by atoms with Crippen LogP contribution < -0.4 is 0 Å². The van der Waals surface area contributed by atoms with Crippen LogP contribution in [-0.2, 0) is 0 Å². The molecule has 0 bridgehead atoms.